The van der Waals surface area contributed by atoms with Gasteiger partial charge in [-0.1, -0.05) is 6.07 Å². The molecule has 2 aliphatic rings. The summed E-state index contributed by atoms with van der Waals surface area (Å²) in [6, 6.07) is 6.32. The smallest absolute Gasteiger partial charge is 0.399 e. The van der Waals surface area contributed by atoms with Gasteiger partial charge < -0.3 is 14.2 Å². The van der Waals surface area contributed by atoms with Crippen molar-refractivity contribution in [3.63, 3.8) is 0 Å². The Morgan fingerprint density at radius 1 is 1.00 bits per heavy atom. The van der Waals surface area contributed by atoms with Gasteiger partial charge in [0.15, 0.2) is 0 Å². The van der Waals surface area contributed by atoms with Crippen molar-refractivity contribution in [1.29, 1.82) is 0 Å². The van der Waals surface area contributed by atoms with E-state index in [4.69, 9.17) is 9.31 Å². The molecule has 1 aromatic rings. The Morgan fingerprint density at radius 3 is 2.18 bits per heavy atom. The van der Waals surface area contributed by atoms with Gasteiger partial charge in [-0.3, -0.25) is 0 Å². The van der Waals surface area contributed by atoms with Gasteiger partial charge in [0, 0.05) is 23.7 Å². The lowest BCUT2D eigenvalue weighted by molar-refractivity contribution is 0.00578. The lowest BCUT2D eigenvalue weighted by atomic mass is 9.79. The Balaban J connectivity index is 1.87. The van der Waals surface area contributed by atoms with Crippen LogP contribution in [0.4, 0.5) is 5.69 Å². The first kappa shape index (κ1) is 16.2. The van der Waals surface area contributed by atoms with E-state index >= 15 is 0 Å². The zero-order chi connectivity index (χ0) is 16.0. The third-order valence-electron chi connectivity index (χ3n) is 5.22. The molecule has 0 radical (unpaired) electrons. The highest BCUT2D eigenvalue weighted by atomic mass is 32.1. The largest absolute Gasteiger partial charge is 0.494 e. The lowest BCUT2D eigenvalue weighted by Crippen LogP contribution is -2.41. The normalized spacial score (nSPS) is 23.9. The Labute approximate surface area is 139 Å². The first-order valence-electron chi connectivity index (χ1n) is 8.24. The van der Waals surface area contributed by atoms with Crippen LogP contribution in [0.15, 0.2) is 23.1 Å². The Kier molecular flexibility index (Phi) is 4.25. The summed E-state index contributed by atoms with van der Waals surface area (Å²) >= 11 is 4.64. The molecule has 2 aliphatic heterocycles. The van der Waals surface area contributed by atoms with Crippen LogP contribution in [0.3, 0.4) is 0 Å². The summed E-state index contributed by atoms with van der Waals surface area (Å²) < 4.78 is 12.3. The first-order chi connectivity index (χ1) is 10.3. The molecule has 0 amide bonds. The van der Waals surface area contributed by atoms with Crippen LogP contribution in [-0.2, 0) is 9.31 Å². The van der Waals surface area contributed by atoms with Gasteiger partial charge in [-0.2, -0.15) is 0 Å². The minimum atomic E-state index is -0.303. The van der Waals surface area contributed by atoms with E-state index in [-0.39, 0.29) is 18.3 Å². The van der Waals surface area contributed by atoms with Crippen LogP contribution in [0.25, 0.3) is 0 Å². The SMILES string of the molecule is CC1(C)OB(c2ccc(S)c(N3CCCCC3)c2)OC1(C)C. The molecule has 0 atom stereocenters. The maximum atomic E-state index is 6.17. The highest BCUT2D eigenvalue weighted by molar-refractivity contribution is 7.80. The zero-order valence-corrected chi connectivity index (χ0v) is 15.0. The summed E-state index contributed by atoms with van der Waals surface area (Å²) in [6.07, 6.45) is 3.84. The first-order valence-corrected chi connectivity index (χ1v) is 8.68. The molecule has 3 nitrogen and oxygen atoms in total. The molecule has 1 aromatic carbocycles. The average Bonchev–Trinajstić information content (AvgIpc) is 2.69. The molecule has 120 valence electrons. The van der Waals surface area contributed by atoms with Crippen molar-refractivity contribution >= 4 is 30.9 Å². The topological polar surface area (TPSA) is 21.7 Å². The molecule has 2 fully saturated rings. The zero-order valence-electron chi connectivity index (χ0n) is 14.1. The number of hydrogen-bond donors (Lipinski definition) is 1. The second-order valence-electron chi connectivity index (χ2n) is 7.38. The predicted octanol–water partition coefficient (Wildman–Crippen LogP) is 3.26. The average molecular weight is 319 g/mol. The number of anilines is 1. The van der Waals surface area contributed by atoms with Crippen LogP contribution in [0.5, 0.6) is 0 Å². The summed E-state index contributed by atoms with van der Waals surface area (Å²) in [5.74, 6) is 0. The van der Waals surface area contributed by atoms with E-state index in [0.29, 0.717) is 0 Å². The summed E-state index contributed by atoms with van der Waals surface area (Å²) in [5, 5.41) is 0. The van der Waals surface area contributed by atoms with E-state index in [1.807, 2.05) is 0 Å². The molecule has 22 heavy (non-hydrogen) atoms. The summed E-state index contributed by atoms with van der Waals surface area (Å²) in [7, 11) is -0.303. The van der Waals surface area contributed by atoms with E-state index in [0.717, 1.165) is 23.4 Å². The molecule has 0 unspecified atom stereocenters. The van der Waals surface area contributed by atoms with E-state index < -0.39 is 0 Å². The quantitative estimate of drug-likeness (QED) is 0.668. The van der Waals surface area contributed by atoms with Gasteiger partial charge in [-0.05, 0) is 64.6 Å². The molecule has 2 heterocycles. The fraction of sp³-hybridized carbons (Fsp3) is 0.647. The fourth-order valence-corrected chi connectivity index (χ4v) is 3.33. The van der Waals surface area contributed by atoms with Crippen molar-refractivity contribution in [1.82, 2.24) is 0 Å². The number of benzene rings is 1. The molecule has 3 rings (SSSR count). The molecular weight excluding hydrogens is 293 g/mol. The Hall–Kier alpha value is -0.645. The second kappa shape index (κ2) is 5.77. The van der Waals surface area contributed by atoms with Crippen LogP contribution in [0.1, 0.15) is 47.0 Å². The molecule has 5 heteroatoms. The maximum absolute atomic E-state index is 6.17. The molecule has 0 aliphatic carbocycles. The van der Waals surface area contributed by atoms with Crippen molar-refractivity contribution in [2.45, 2.75) is 63.1 Å². The number of thiol groups is 1. The van der Waals surface area contributed by atoms with Crippen LogP contribution in [0, 0.1) is 0 Å². The highest BCUT2D eigenvalue weighted by Crippen LogP contribution is 2.37. The van der Waals surface area contributed by atoms with Gasteiger partial charge in [0.25, 0.3) is 0 Å². The molecular formula is C17H26BNO2S. The van der Waals surface area contributed by atoms with Gasteiger partial charge in [-0.15, -0.1) is 12.6 Å². The number of hydrogen-bond acceptors (Lipinski definition) is 4. The van der Waals surface area contributed by atoms with Crippen LogP contribution >= 0.6 is 12.6 Å². The Morgan fingerprint density at radius 2 is 1.59 bits per heavy atom. The predicted molar refractivity (Wildman–Crippen MR) is 95.5 cm³/mol. The van der Waals surface area contributed by atoms with Crippen molar-refractivity contribution in [3.8, 4) is 0 Å². The fourth-order valence-electron chi connectivity index (χ4n) is 3.05. The van der Waals surface area contributed by atoms with Crippen molar-refractivity contribution in [2.75, 3.05) is 18.0 Å². The van der Waals surface area contributed by atoms with Crippen LogP contribution in [-0.4, -0.2) is 31.4 Å². The van der Waals surface area contributed by atoms with Crippen molar-refractivity contribution < 1.29 is 9.31 Å². The third kappa shape index (κ3) is 2.91. The second-order valence-corrected chi connectivity index (χ2v) is 7.87. The van der Waals surface area contributed by atoms with Gasteiger partial charge in [0.2, 0.25) is 0 Å². The van der Waals surface area contributed by atoms with Gasteiger partial charge >= 0.3 is 7.12 Å². The molecule has 0 spiro atoms. The minimum Gasteiger partial charge on any atom is -0.399 e. The molecule has 0 aromatic heterocycles. The van der Waals surface area contributed by atoms with E-state index in [1.165, 1.54) is 24.9 Å². The molecule has 0 N–H and O–H groups in total. The van der Waals surface area contributed by atoms with Gasteiger partial charge in [0.1, 0.15) is 0 Å². The third-order valence-corrected chi connectivity index (χ3v) is 5.60. The standard InChI is InChI=1S/C17H26BNO2S/c1-16(2)17(3,4)21-18(20-16)13-8-9-15(22)14(12-13)19-10-6-5-7-11-19/h8-9,12,22H,5-7,10-11H2,1-4H3. The van der Waals surface area contributed by atoms with Crippen molar-refractivity contribution in [2.24, 2.45) is 0 Å². The maximum Gasteiger partial charge on any atom is 0.494 e. The monoisotopic (exact) mass is 319 g/mol. The molecule has 0 bridgehead atoms. The molecule has 2 saturated heterocycles. The van der Waals surface area contributed by atoms with E-state index in [1.54, 1.807) is 0 Å². The van der Waals surface area contributed by atoms with E-state index in [9.17, 15) is 0 Å². The minimum absolute atomic E-state index is 0.303. The van der Waals surface area contributed by atoms with Crippen LogP contribution < -0.4 is 10.4 Å². The number of nitrogens with zero attached hydrogens (tertiary/aromatic N) is 1. The lowest BCUT2D eigenvalue weighted by Gasteiger charge is -2.32. The van der Waals surface area contributed by atoms with Crippen LogP contribution in [0.2, 0.25) is 0 Å². The summed E-state index contributed by atoms with van der Waals surface area (Å²) in [5.41, 5.74) is 1.68. The van der Waals surface area contributed by atoms with Crippen molar-refractivity contribution in [3.05, 3.63) is 18.2 Å². The summed E-state index contributed by atoms with van der Waals surface area (Å²) in [4.78, 5) is 3.46. The number of rotatable bonds is 2. The van der Waals surface area contributed by atoms with Gasteiger partial charge in [-0.25, -0.2) is 0 Å². The molecule has 0 saturated carbocycles. The Bertz CT molecular complexity index is 540. The van der Waals surface area contributed by atoms with E-state index in [2.05, 4.69) is 63.4 Å². The highest BCUT2D eigenvalue weighted by Gasteiger charge is 2.51. The summed E-state index contributed by atoms with van der Waals surface area (Å²) in [6.45, 7) is 10.6. The van der Waals surface area contributed by atoms with Gasteiger partial charge in [0.05, 0.1) is 11.2 Å². The number of piperidine rings is 1.